The van der Waals surface area contributed by atoms with Crippen LogP contribution in [0.15, 0.2) is 71.2 Å². The summed E-state index contributed by atoms with van der Waals surface area (Å²) in [7, 11) is 0. The number of fused-ring (bicyclic) bond motifs is 1. The summed E-state index contributed by atoms with van der Waals surface area (Å²) >= 11 is 3.44. The number of carbonyl (C=O) groups excluding carboxylic acids is 1. The van der Waals surface area contributed by atoms with E-state index >= 15 is 0 Å². The van der Waals surface area contributed by atoms with E-state index in [0.717, 1.165) is 20.8 Å². The first-order valence-corrected chi connectivity index (χ1v) is 7.67. The molecule has 110 valence electrons. The van der Waals surface area contributed by atoms with Crippen molar-refractivity contribution in [1.82, 2.24) is 5.48 Å². The molecule has 3 aromatic rings. The Kier molecular flexibility index (Phi) is 4.51. The van der Waals surface area contributed by atoms with E-state index in [1.165, 1.54) is 0 Å². The molecule has 0 unspecified atom stereocenters. The highest BCUT2D eigenvalue weighted by Crippen LogP contribution is 2.21. The van der Waals surface area contributed by atoms with Gasteiger partial charge in [0, 0.05) is 10.0 Å². The molecule has 0 fully saturated rings. The van der Waals surface area contributed by atoms with Crippen molar-refractivity contribution in [3.63, 3.8) is 0 Å². The van der Waals surface area contributed by atoms with Crippen molar-refractivity contribution in [3.05, 3.63) is 82.3 Å². The number of hydrogen-bond donors (Lipinski definition) is 1. The van der Waals surface area contributed by atoms with Crippen LogP contribution in [0.4, 0.5) is 0 Å². The molecule has 1 N–H and O–H groups in total. The number of amides is 1. The minimum atomic E-state index is -0.249. The second-order valence-corrected chi connectivity index (χ2v) is 5.83. The van der Waals surface area contributed by atoms with Gasteiger partial charge in [-0.15, -0.1) is 0 Å². The van der Waals surface area contributed by atoms with Gasteiger partial charge in [-0.3, -0.25) is 9.63 Å². The van der Waals surface area contributed by atoms with Gasteiger partial charge < -0.3 is 0 Å². The second kappa shape index (κ2) is 6.73. The molecule has 3 nitrogen and oxygen atoms in total. The quantitative estimate of drug-likeness (QED) is 0.701. The van der Waals surface area contributed by atoms with Crippen LogP contribution in [0, 0.1) is 0 Å². The van der Waals surface area contributed by atoms with Crippen LogP contribution < -0.4 is 5.48 Å². The lowest BCUT2D eigenvalue weighted by Crippen LogP contribution is -2.23. The maximum absolute atomic E-state index is 12.1. The number of nitrogens with one attached hydrogen (secondary N) is 1. The maximum atomic E-state index is 12.1. The molecule has 0 aliphatic rings. The molecule has 0 aliphatic carbocycles. The number of hydroxylamine groups is 1. The summed E-state index contributed by atoms with van der Waals surface area (Å²) in [6.07, 6.45) is 0. The second-order valence-electron chi connectivity index (χ2n) is 4.91. The number of benzene rings is 3. The average molecular weight is 356 g/mol. The van der Waals surface area contributed by atoms with Gasteiger partial charge in [0.25, 0.3) is 5.91 Å². The van der Waals surface area contributed by atoms with E-state index in [1.807, 2.05) is 60.7 Å². The zero-order valence-electron chi connectivity index (χ0n) is 11.8. The van der Waals surface area contributed by atoms with Gasteiger partial charge in [0.2, 0.25) is 0 Å². The van der Waals surface area contributed by atoms with E-state index < -0.39 is 0 Å². The Bertz CT molecular complexity index is 803. The number of hydrogen-bond acceptors (Lipinski definition) is 2. The Morgan fingerprint density at radius 2 is 1.68 bits per heavy atom. The SMILES string of the molecule is O=C(NOCc1ccccc1)c1ccc2cc(Br)ccc2c1. The van der Waals surface area contributed by atoms with Crippen LogP contribution in [-0.2, 0) is 11.4 Å². The highest BCUT2D eigenvalue weighted by Gasteiger charge is 2.06. The summed E-state index contributed by atoms with van der Waals surface area (Å²) in [5.74, 6) is -0.249. The summed E-state index contributed by atoms with van der Waals surface area (Å²) in [5, 5.41) is 2.09. The Morgan fingerprint density at radius 3 is 2.50 bits per heavy atom. The van der Waals surface area contributed by atoms with Crippen molar-refractivity contribution in [2.75, 3.05) is 0 Å². The van der Waals surface area contributed by atoms with Gasteiger partial charge in [0.05, 0.1) is 6.61 Å². The standard InChI is InChI=1S/C18H14BrNO2/c19-17-9-8-14-10-16(7-6-15(14)11-17)18(21)20-22-12-13-4-2-1-3-5-13/h1-11H,12H2,(H,20,21). The molecule has 22 heavy (non-hydrogen) atoms. The number of halogens is 1. The zero-order valence-corrected chi connectivity index (χ0v) is 13.3. The molecule has 3 rings (SSSR count). The van der Waals surface area contributed by atoms with Gasteiger partial charge in [-0.1, -0.05) is 58.4 Å². The fourth-order valence-electron chi connectivity index (χ4n) is 2.18. The highest BCUT2D eigenvalue weighted by atomic mass is 79.9. The van der Waals surface area contributed by atoms with Crippen molar-refractivity contribution in [2.45, 2.75) is 6.61 Å². The van der Waals surface area contributed by atoms with Crippen molar-refractivity contribution in [1.29, 1.82) is 0 Å². The van der Waals surface area contributed by atoms with Crippen LogP contribution >= 0.6 is 15.9 Å². The average Bonchev–Trinajstić information content (AvgIpc) is 2.55. The molecule has 1 amide bonds. The molecule has 0 saturated heterocycles. The van der Waals surface area contributed by atoms with E-state index in [-0.39, 0.29) is 5.91 Å². The first-order valence-electron chi connectivity index (χ1n) is 6.88. The smallest absolute Gasteiger partial charge is 0.269 e. The minimum absolute atomic E-state index is 0.249. The summed E-state index contributed by atoms with van der Waals surface area (Å²) in [5.41, 5.74) is 4.05. The lowest BCUT2D eigenvalue weighted by atomic mass is 10.1. The molecule has 0 aromatic heterocycles. The molecule has 0 spiro atoms. The Hall–Kier alpha value is -2.17. The molecule has 0 bridgehead atoms. The first-order chi connectivity index (χ1) is 10.7. The van der Waals surface area contributed by atoms with E-state index in [1.54, 1.807) is 6.07 Å². The van der Waals surface area contributed by atoms with Crippen molar-refractivity contribution < 1.29 is 9.63 Å². The molecule has 0 atom stereocenters. The van der Waals surface area contributed by atoms with Gasteiger partial charge >= 0.3 is 0 Å². The molecular formula is C18H14BrNO2. The van der Waals surface area contributed by atoms with Crippen LogP contribution in [0.5, 0.6) is 0 Å². The summed E-state index contributed by atoms with van der Waals surface area (Å²) in [4.78, 5) is 17.4. The predicted molar refractivity (Wildman–Crippen MR) is 90.3 cm³/mol. The fourth-order valence-corrected chi connectivity index (χ4v) is 2.55. The topological polar surface area (TPSA) is 38.3 Å². The molecule has 0 heterocycles. The summed E-state index contributed by atoms with van der Waals surface area (Å²) in [6, 6.07) is 21.2. The van der Waals surface area contributed by atoms with Crippen LogP contribution in [0.25, 0.3) is 10.8 Å². The zero-order chi connectivity index (χ0) is 15.4. The Morgan fingerprint density at radius 1 is 0.955 bits per heavy atom. The monoisotopic (exact) mass is 355 g/mol. The summed E-state index contributed by atoms with van der Waals surface area (Å²) in [6.45, 7) is 0.340. The maximum Gasteiger partial charge on any atom is 0.274 e. The predicted octanol–water partition coefficient (Wildman–Crippen LogP) is 4.46. The van der Waals surface area contributed by atoms with E-state index in [9.17, 15) is 4.79 Å². The molecule has 0 saturated carbocycles. The minimum Gasteiger partial charge on any atom is -0.269 e. The third-order valence-electron chi connectivity index (χ3n) is 3.31. The molecule has 0 radical (unpaired) electrons. The van der Waals surface area contributed by atoms with E-state index in [0.29, 0.717) is 12.2 Å². The fraction of sp³-hybridized carbons (Fsp3) is 0.0556. The number of carbonyl (C=O) groups is 1. The third kappa shape index (κ3) is 3.53. The van der Waals surface area contributed by atoms with Crippen molar-refractivity contribution in [3.8, 4) is 0 Å². The Labute approximate surface area is 137 Å². The molecule has 0 aliphatic heterocycles. The van der Waals surface area contributed by atoms with E-state index in [2.05, 4.69) is 21.4 Å². The normalized spacial score (nSPS) is 10.6. The highest BCUT2D eigenvalue weighted by molar-refractivity contribution is 9.10. The van der Waals surface area contributed by atoms with E-state index in [4.69, 9.17) is 4.84 Å². The number of rotatable bonds is 4. The lowest BCUT2D eigenvalue weighted by Gasteiger charge is -2.07. The first kappa shape index (κ1) is 14.8. The molecule has 4 heteroatoms. The van der Waals surface area contributed by atoms with Crippen molar-refractivity contribution in [2.24, 2.45) is 0 Å². The van der Waals surface area contributed by atoms with Gasteiger partial charge in [-0.05, 0) is 40.6 Å². The molecule has 3 aromatic carbocycles. The third-order valence-corrected chi connectivity index (χ3v) is 3.80. The summed E-state index contributed by atoms with van der Waals surface area (Å²) < 4.78 is 1.02. The molecular weight excluding hydrogens is 342 g/mol. The van der Waals surface area contributed by atoms with Crippen LogP contribution in [0.3, 0.4) is 0 Å². The van der Waals surface area contributed by atoms with Gasteiger partial charge in [-0.2, -0.15) is 0 Å². The van der Waals surface area contributed by atoms with Gasteiger partial charge in [0.1, 0.15) is 0 Å². The largest absolute Gasteiger partial charge is 0.274 e. The van der Waals surface area contributed by atoms with Gasteiger partial charge in [-0.25, -0.2) is 5.48 Å². The lowest BCUT2D eigenvalue weighted by molar-refractivity contribution is 0.0233. The van der Waals surface area contributed by atoms with Crippen molar-refractivity contribution >= 4 is 32.6 Å². The van der Waals surface area contributed by atoms with Crippen LogP contribution in [0.1, 0.15) is 15.9 Å². The Balaban J connectivity index is 1.66. The van der Waals surface area contributed by atoms with Gasteiger partial charge in [0.15, 0.2) is 0 Å². The van der Waals surface area contributed by atoms with Crippen LogP contribution in [-0.4, -0.2) is 5.91 Å². The van der Waals surface area contributed by atoms with Crippen LogP contribution in [0.2, 0.25) is 0 Å².